The van der Waals surface area contributed by atoms with Crippen LogP contribution < -0.4 is 5.32 Å². The first-order valence-electron chi connectivity index (χ1n) is 4.85. The smallest absolute Gasteiger partial charge is 0.0451 e. The molecule has 1 aromatic heterocycles. The monoisotopic (exact) mass is 176 g/mol. The third-order valence-electron chi connectivity index (χ3n) is 3.01. The lowest BCUT2D eigenvalue weighted by molar-refractivity contribution is 0.540. The number of aryl methyl sites for hydroxylation is 1. The van der Waals surface area contributed by atoms with Crippen molar-refractivity contribution in [3.63, 3.8) is 0 Å². The molecule has 1 heterocycles. The van der Waals surface area contributed by atoms with Gasteiger partial charge in [-0.2, -0.15) is 0 Å². The van der Waals surface area contributed by atoms with Crippen molar-refractivity contribution < 1.29 is 0 Å². The highest BCUT2D eigenvalue weighted by atomic mass is 15.0. The molecule has 2 heteroatoms. The number of hydrogen-bond acceptors (Lipinski definition) is 2. The van der Waals surface area contributed by atoms with Crippen LogP contribution in [-0.4, -0.2) is 17.6 Å². The van der Waals surface area contributed by atoms with Crippen LogP contribution >= 0.6 is 0 Å². The van der Waals surface area contributed by atoms with Gasteiger partial charge in [0, 0.05) is 23.9 Å². The zero-order valence-electron chi connectivity index (χ0n) is 8.30. The summed E-state index contributed by atoms with van der Waals surface area (Å²) in [6.45, 7) is 2.13. The summed E-state index contributed by atoms with van der Waals surface area (Å²) in [5.74, 6) is 0. The molecular weight excluding hydrogens is 160 g/mol. The molecule has 2 nitrogen and oxygen atoms in total. The maximum Gasteiger partial charge on any atom is 0.0451 e. The van der Waals surface area contributed by atoms with Crippen LogP contribution in [0, 0.1) is 6.92 Å². The molecule has 0 atom stereocenters. The van der Waals surface area contributed by atoms with E-state index < -0.39 is 0 Å². The van der Waals surface area contributed by atoms with E-state index in [9.17, 15) is 0 Å². The third-order valence-corrected chi connectivity index (χ3v) is 3.01. The van der Waals surface area contributed by atoms with E-state index in [0.29, 0.717) is 5.54 Å². The molecule has 1 aliphatic carbocycles. The molecule has 2 rings (SSSR count). The van der Waals surface area contributed by atoms with E-state index in [1.54, 1.807) is 0 Å². The molecule has 1 saturated carbocycles. The van der Waals surface area contributed by atoms with Crippen molar-refractivity contribution in [1.29, 1.82) is 0 Å². The molecule has 1 aliphatic rings. The van der Waals surface area contributed by atoms with Crippen LogP contribution in [0.4, 0.5) is 0 Å². The molecule has 0 saturated heterocycles. The SMILES string of the molecule is CNC1(Cc2ncccc2C)CC1. The summed E-state index contributed by atoms with van der Waals surface area (Å²) in [6, 6.07) is 4.13. The Kier molecular flexibility index (Phi) is 2.08. The first kappa shape index (κ1) is 8.70. The van der Waals surface area contributed by atoms with Crippen LogP contribution in [0.25, 0.3) is 0 Å². The Morgan fingerprint density at radius 3 is 2.85 bits per heavy atom. The van der Waals surface area contributed by atoms with Crippen molar-refractivity contribution in [1.82, 2.24) is 10.3 Å². The second kappa shape index (κ2) is 3.11. The molecule has 0 aromatic carbocycles. The molecule has 0 aliphatic heterocycles. The highest BCUT2D eigenvalue weighted by Crippen LogP contribution is 2.38. The Balaban J connectivity index is 2.14. The predicted octanol–water partition coefficient (Wildman–Crippen LogP) is 1.68. The number of hydrogen-bond donors (Lipinski definition) is 1. The summed E-state index contributed by atoms with van der Waals surface area (Å²) >= 11 is 0. The van der Waals surface area contributed by atoms with Crippen LogP contribution in [-0.2, 0) is 6.42 Å². The minimum atomic E-state index is 0.374. The molecule has 0 radical (unpaired) electrons. The number of likely N-dealkylation sites (N-methyl/N-ethyl adjacent to an activating group) is 1. The Morgan fingerprint density at radius 1 is 1.54 bits per heavy atom. The molecule has 1 aromatic rings. The third kappa shape index (κ3) is 1.73. The maximum atomic E-state index is 4.41. The molecule has 0 spiro atoms. The van der Waals surface area contributed by atoms with E-state index in [4.69, 9.17) is 0 Å². The fraction of sp³-hybridized carbons (Fsp3) is 0.545. The molecule has 0 amide bonds. The number of pyridine rings is 1. The predicted molar refractivity (Wildman–Crippen MR) is 53.7 cm³/mol. The molecule has 0 unspecified atom stereocenters. The lowest BCUT2D eigenvalue weighted by Crippen LogP contribution is -2.30. The summed E-state index contributed by atoms with van der Waals surface area (Å²) in [7, 11) is 2.05. The number of rotatable bonds is 3. The van der Waals surface area contributed by atoms with Crippen LogP contribution in [0.15, 0.2) is 18.3 Å². The van der Waals surface area contributed by atoms with Gasteiger partial charge < -0.3 is 5.32 Å². The lowest BCUT2D eigenvalue weighted by atomic mass is 10.1. The fourth-order valence-electron chi connectivity index (χ4n) is 1.69. The van der Waals surface area contributed by atoms with Gasteiger partial charge in [-0.3, -0.25) is 4.98 Å². The number of nitrogens with zero attached hydrogens (tertiary/aromatic N) is 1. The second-order valence-electron chi connectivity index (χ2n) is 3.97. The van der Waals surface area contributed by atoms with Crippen LogP contribution in [0.1, 0.15) is 24.1 Å². The summed E-state index contributed by atoms with van der Waals surface area (Å²) < 4.78 is 0. The average Bonchev–Trinajstić information content (AvgIpc) is 2.90. The second-order valence-corrected chi connectivity index (χ2v) is 3.97. The summed E-state index contributed by atoms with van der Waals surface area (Å²) in [5.41, 5.74) is 2.93. The van der Waals surface area contributed by atoms with Crippen LogP contribution in [0.5, 0.6) is 0 Å². The Hall–Kier alpha value is -0.890. The van der Waals surface area contributed by atoms with Crippen molar-refractivity contribution in [2.24, 2.45) is 0 Å². The largest absolute Gasteiger partial charge is 0.314 e. The van der Waals surface area contributed by atoms with E-state index in [-0.39, 0.29) is 0 Å². The van der Waals surface area contributed by atoms with Crippen molar-refractivity contribution in [3.05, 3.63) is 29.6 Å². The van der Waals surface area contributed by atoms with Crippen molar-refractivity contribution in [2.45, 2.75) is 31.7 Å². The first-order valence-corrected chi connectivity index (χ1v) is 4.85. The minimum Gasteiger partial charge on any atom is -0.314 e. The zero-order chi connectivity index (χ0) is 9.31. The fourth-order valence-corrected chi connectivity index (χ4v) is 1.69. The number of aromatic nitrogens is 1. The molecular formula is C11H16N2. The van der Waals surface area contributed by atoms with Crippen molar-refractivity contribution >= 4 is 0 Å². The van der Waals surface area contributed by atoms with Crippen LogP contribution in [0.2, 0.25) is 0 Å². The molecule has 70 valence electrons. The molecule has 1 fully saturated rings. The Labute approximate surface area is 79.4 Å². The normalized spacial score (nSPS) is 18.6. The van der Waals surface area contributed by atoms with Gasteiger partial charge in [-0.15, -0.1) is 0 Å². The average molecular weight is 176 g/mol. The number of nitrogens with one attached hydrogen (secondary N) is 1. The first-order chi connectivity index (χ1) is 6.26. The topological polar surface area (TPSA) is 24.9 Å². The summed E-state index contributed by atoms with van der Waals surface area (Å²) in [5, 5.41) is 3.39. The van der Waals surface area contributed by atoms with Gasteiger partial charge in [-0.1, -0.05) is 6.07 Å². The summed E-state index contributed by atoms with van der Waals surface area (Å²) in [4.78, 5) is 4.41. The van der Waals surface area contributed by atoms with Gasteiger partial charge in [0.1, 0.15) is 0 Å². The van der Waals surface area contributed by atoms with Crippen LogP contribution in [0.3, 0.4) is 0 Å². The Bertz CT molecular complexity index is 303. The van der Waals surface area contributed by atoms with Gasteiger partial charge in [-0.05, 0) is 38.4 Å². The van der Waals surface area contributed by atoms with E-state index in [1.807, 2.05) is 19.3 Å². The van der Waals surface area contributed by atoms with Crippen molar-refractivity contribution in [3.8, 4) is 0 Å². The highest BCUT2D eigenvalue weighted by Gasteiger charge is 2.41. The van der Waals surface area contributed by atoms with Crippen molar-refractivity contribution in [2.75, 3.05) is 7.05 Å². The van der Waals surface area contributed by atoms with Gasteiger partial charge in [0.15, 0.2) is 0 Å². The lowest BCUT2D eigenvalue weighted by Gasteiger charge is -2.14. The standard InChI is InChI=1S/C11H16N2/c1-9-4-3-7-13-10(9)8-11(12-2)5-6-11/h3-4,7,12H,5-6,8H2,1-2H3. The zero-order valence-corrected chi connectivity index (χ0v) is 8.30. The molecule has 1 N–H and O–H groups in total. The van der Waals surface area contributed by atoms with Gasteiger partial charge in [0.25, 0.3) is 0 Å². The quantitative estimate of drug-likeness (QED) is 0.758. The highest BCUT2D eigenvalue weighted by molar-refractivity contribution is 5.22. The van der Waals surface area contributed by atoms with Gasteiger partial charge in [0.2, 0.25) is 0 Å². The summed E-state index contributed by atoms with van der Waals surface area (Å²) in [6.07, 6.45) is 5.54. The molecule has 0 bridgehead atoms. The van der Waals surface area contributed by atoms with E-state index >= 15 is 0 Å². The maximum absolute atomic E-state index is 4.41. The van der Waals surface area contributed by atoms with E-state index in [1.165, 1.54) is 24.1 Å². The van der Waals surface area contributed by atoms with Gasteiger partial charge in [0.05, 0.1) is 0 Å². The van der Waals surface area contributed by atoms with Gasteiger partial charge >= 0.3 is 0 Å². The van der Waals surface area contributed by atoms with E-state index in [0.717, 1.165) is 6.42 Å². The van der Waals surface area contributed by atoms with Gasteiger partial charge in [-0.25, -0.2) is 0 Å². The molecule has 13 heavy (non-hydrogen) atoms. The Morgan fingerprint density at radius 2 is 2.31 bits per heavy atom. The van der Waals surface area contributed by atoms with E-state index in [2.05, 4.69) is 23.3 Å². The minimum absolute atomic E-state index is 0.374.